The van der Waals surface area contributed by atoms with E-state index in [0.29, 0.717) is 5.17 Å². The number of thioether (sulfide) groups is 1. The van der Waals surface area contributed by atoms with E-state index in [9.17, 15) is 9.90 Å². The van der Waals surface area contributed by atoms with Crippen LogP contribution < -0.4 is 0 Å². The SMILES string of the molecule is CSC1=N[C@@H](c2cccc(C)c2)[C@@H](c2cccc(C)c2)N1C(=O)O. The lowest BCUT2D eigenvalue weighted by Gasteiger charge is -2.27. The molecule has 1 heterocycles. The van der Waals surface area contributed by atoms with Gasteiger partial charge < -0.3 is 5.11 Å². The lowest BCUT2D eigenvalue weighted by molar-refractivity contribution is 0.157. The van der Waals surface area contributed by atoms with E-state index in [1.807, 2.05) is 62.6 Å². The van der Waals surface area contributed by atoms with Crippen molar-refractivity contribution in [3.63, 3.8) is 0 Å². The van der Waals surface area contributed by atoms with Crippen LogP contribution in [0.2, 0.25) is 0 Å². The Morgan fingerprint density at radius 1 is 1.08 bits per heavy atom. The first-order valence-corrected chi connectivity index (χ1v) is 9.01. The van der Waals surface area contributed by atoms with Gasteiger partial charge in [-0.2, -0.15) is 0 Å². The zero-order valence-electron chi connectivity index (χ0n) is 13.9. The molecule has 1 N–H and O–H groups in total. The van der Waals surface area contributed by atoms with Crippen LogP contribution in [0.1, 0.15) is 34.3 Å². The van der Waals surface area contributed by atoms with Gasteiger partial charge in [0, 0.05) is 0 Å². The van der Waals surface area contributed by atoms with Crippen molar-refractivity contribution >= 4 is 23.0 Å². The third-order valence-electron chi connectivity index (χ3n) is 4.19. The Bertz CT molecular complexity index is 803. The van der Waals surface area contributed by atoms with Crippen molar-refractivity contribution < 1.29 is 9.90 Å². The number of nitrogens with zero attached hydrogens (tertiary/aromatic N) is 2. The fraction of sp³-hybridized carbons (Fsp3) is 0.263. The van der Waals surface area contributed by atoms with Gasteiger partial charge in [-0.25, -0.2) is 9.69 Å². The smallest absolute Gasteiger partial charge is 0.414 e. The number of amides is 1. The molecule has 2 aromatic carbocycles. The van der Waals surface area contributed by atoms with Crippen molar-refractivity contribution in [3.05, 3.63) is 70.8 Å². The molecular weight excluding hydrogens is 320 g/mol. The van der Waals surface area contributed by atoms with Crippen molar-refractivity contribution in [1.29, 1.82) is 0 Å². The molecule has 0 bridgehead atoms. The fourth-order valence-electron chi connectivity index (χ4n) is 3.16. The summed E-state index contributed by atoms with van der Waals surface area (Å²) in [6, 6.07) is 15.6. The lowest BCUT2D eigenvalue weighted by atomic mass is 9.92. The average molecular weight is 340 g/mol. The van der Waals surface area contributed by atoms with Crippen LogP contribution in [0, 0.1) is 13.8 Å². The van der Waals surface area contributed by atoms with Gasteiger partial charge in [0.1, 0.15) is 6.04 Å². The zero-order chi connectivity index (χ0) is 17.3. The minimum Gasteiger partial charge on any atom is -0.465 e. The van der Waals surface area contributed by atoms with Gasteiger partial charge in [-0.3, -0.25) is 4.99 Å². The number of carboxylic acid groups (broad SMARTS) is 1. The Balaban J connectivity index is 2.13. The maximum absolute atomic E-state index is 11.9. The molecule has 0 aromatic heterocycles. The highest BCUT2D eigenvalue weighted by Crippen LogP contribution is 2.44. The van der Waals surface area contributed by atoms with E-state index in [0.717, 1.165) is 22.3 Å². The molecule has 124 valence electrons. The van der Waals surface area contributed by atoms with E-state index in [2.05, 4.69) is 6.07 Å². The number of rotatable bonds is 2. The molecule has 24 heavy (non-hydrogen) atoms. The first-order valence-electron chi connectivity index (χ1n) is 7.78. The standard InChI is InChI=1S/C19H20N2O2S/c1-12-6-4-8-14(10-12)16-17(15-9-5-7-13(2)11-15)21(19(22)23)18(20-16)24-3/h4-11,16-17H,1-3H3,(H,22,23)/t16-,17+/m0/s1. The predicted octanol–water partition coefficient (Wildman–Crippen LogP) is 4.80. The van der Waals surface area contributed by atoms with Gasteiger partial charge in [-0.05, 0) is 31.2 Å². The molecule has 5 heteroatoms. The lowest BCUT2D eigenvalue weighted by Crippen LogP contribution is -2.34. The van der Waals surface area contributed by atoms with Crippen molar-refractivity contribution in [2.45, 2.75) is 25.9 Å². The molecule has 0 saturated carbocycles. The van der Waals surface area contributed by atoms with Crippen LogP contribution >= 0.6 is 11.8 Å². The Morgan fingerprint density at radius 2 is 1.67 bits per heavy atom. The summed E-state index contributed by atoms with van der Waals surface area (Å²) in [6.07, 6.45) is 0.894. The summed E-state index contributed by atoms with van der Waals surface area (Å²) in [4.78, 5) is 18.0. The van der Waals surface area contributed by atoms with Crippen molar-refractivity contribution in [2.24, 2.45) is 4.99 Å². The van der Waals surface area contributed by atoms with E-state index in [-0.39, 0.29) is 12.1 Å². The Labute approximate surface area is 146 Å². The van der Waals surface area contributed by atoms with Crippen LogP contribution in [0.15, 0.2) is 53.5 Å². The summed E-state index contributed by atoms with van der Waals surface area (Å²) in [7, 11) is 0. The Morgan fingerprint density at radius 3 is 2.21 bits per heavy atom. The second-order valence-corrected chi connectivity index (χ2v) is 6.76. The van der Waals surface area contributed by atoms with Gasteiger partial charge >= 0.3 is 6.09 Å². The number of benzene rings is 2. The second kappa shape index (κ2) is 6.69. The summed E-state index contributed by atoms with van der Waals surface area (Å²) < 4.78 is 0. The van der Waals surface area contributed by atoms with Gasteiger partial charge in [-0.15, -0.1) is 0 Å². The quantitative estimate of drug-likeness (QED) is 0.854. The Hall–Kier alpha value is -2.27. The molecule has 2 atom stereocenters. The van der Waals surface area contributed by atoms with E-state index in [1.165, 1.54) is 16.7 Å². The Kier molecular flexibility index (Phi) is 4.62. The zero-order valence-corrected chi connectivity index (χ0v) is 14.7. The van der Waals surface area contributed by atoms with Gasteiger partial charge in [0.25, 0.3) is 0 Å². The molecule has 1 aliphatic rings. The topological polar surface area (TPSA) is 52.9 Å². The molecule has 2 aromatic rings. The average Bonchev–Trinajstić information content (AvgIpc) is 2.94. The summed E-state index contributed by atoms with van der Waals surface area (Å²) in [5, 5.41) is 10.3. The predicted molar refractivity (Wildman–Crippen MR) is 98.7 cm³/mol. The number of aliphatic imine (C=N–C) groups is 1. The van der Waals surface area contributed by atoms with Crippen molar-refractivity contribution in [2.75, 3.05) is 6.26 Å². The maximum atomic E-state index is 11.9. The van der Waals surface area contributed by atoms with Crippen LogP contribution in [0.25, 0.3) is 0 Å². The van der Waals surface area contributed by atoms with Crippen LogP contribution in [-0.4, -0.2) is 27.5 Å². The fourth-order valence-corrected chi connectivity index (χ4v) is 3.77. The third kappa shape index (κ3) is 3.04. The van der Waals surface area contributed by atoms with Gasteiger partial charge in [0.15, 0.2) is 5.17 Å². The van der Waals surface area contributed by atoms with Crippen LogP contribution in [-0.2, 0) is 0 Å². The van der Waals surface area contributed by atoms with Crippen LogP contribution in [0.4, 0.5) is 4.79 Å². The highest BCUT2D eigenvalue weighted by molar-refractivity contribution is 8.13. The highest BCUT2D eigenvalue weighted by Gasteiger charge is 2.41. The molecule has 0 saturated heterocycles. The monoisotopic (exact) mass is 340 g/mol. The summed E-state index contributed by atoms with van der Waals surface area (Å²) in [5.41, 5.74) is 4.26. The second-order valence-electron chi connectivity index (χ2n) is 5.99. The number of carbonyl (C=O) groups is 1. The third-order valence-corrected chi connectivity index (χ3v) is 4.86. The van der Waals surface area contributed by atoms with E-state index in [4.69, 9.17) is 4.99 Å². The largest absolute Gasteiger partial charge is 0.465 e. The number of aryl methyl sites for hydroxylation is 2. The first-order chi connectivity index (χ1) is 11.5. The minimum atomic E-state index is -0.968. The maximum Gasteiger partial charge on any atom is 0.414 e. The van der Waals surface area contributed by atoms with Gasteiger partial charge in [-0.1, -0.05) is 71.4 Å². The first kappa shape index (κ1) is 16.6. The van der Waals surface area contributed by atoms with Crippen LogP contribution in [0.3, 0.4) is 0 Å². The molecule has 3 rings (SSSR count). The van der Waals surface area contributed by atoms with E-state index < -0.39 is 6.09 Å². The van der Waals surface area contributed by atoms with E-state index >= 15 is 0 Å². The van der Waals surface area contributed by atoms with Crippen molar-refractivity contribution in [3.8, 4) is 0 Å². The minimum absolute atomic E-state index is 0.231. The van der Waals surface area contributed by atoms with Gasteiger partial charge in [0.2, 0.25) is 0 Å². The molecule has 1 aliphatic heterocycles. The summed E-state index contributed by atoms with van der Waals surface area (Å²) in [6.45, 7) is 4.05. The van der Waals surface area contributed by atoms with Gasteiger partial charge in [0.05, 0.1) is 6.04 Å². The van der Waals surface area contributed by atoms with Crippen LogP contribution in [0.5, 0.6) is 0 Å². The summed E-state index contributed by atoms with van der Waals surface area (Å²) in [5.74, 6) is 0. The molecule has 0 spiro atoms. The molecule has 0 radical (unpaired) electrons. The number of hydrogen-bond acceptors (Lipinski definition) is 3. The molecule has 0 fully saturated rings. The molecule has 4 nitrogen and oxygen atoms in total. The normalized spacial score (nSPS) is 20.1. The molecule has 1 amide bonds. The molecular formula is C19H20N2O2S. The number of hydrogen-bond donors (Lipinski definition) is 1. The molecule has 0 aliphatic carbocycles. The highest BCUT2D eigenvalue weighted by atomic mass is 32.2. The summed E-state index contributed by atoms with van der Waals surface area (Å²) >= 11 is 1.37. The van der Waals surface area contributed by atoms with E-state index in [1.54, 1.807) is 0 Å². The molecule has 0 unspecified atom stereocenters. The number of amidine groups is 1. The van der Waals surface area contributed by atoms with Crippen molar-refractivity contribution in [1.82, 2.24) is 4.90 Å².